The van der Waals surface area contributed by atoms with Gasteiger partial charge in [0.05, 0.1) is 11.9 Å². The molecule has 0 aliphatic rings. The van der Waals surface area contributed by atoms with Crippen LogP contribution in [-0.2, 0) is 21.2 Å². The second-order valence-electron chi connectivity index (χ2n) is 6.47. The molecule has 27 heavy (non-hydrogen) atoms. The lowest BCUT2D eigenvalue weighted by molar-refractivity contribution is -0.116. The first-order chi connectivity index (χ1) is 12.7. The number of hydrogen-bond donors (Lipinski definition) is 1. The maximum absolute atomic E-state index is 12.2. The Morgan fingerprint density at radius 1 is 1.15 bits per heavy atom. The van der Waals surface area contributed by atoms with Crippen LogP contribution in [0.15, 0.2) is 42.5 Å². The lowest BCUT2D eigenvalue weighted by atomic mass is 10.1. The molecule has 0 aliphatic carbocycles. The van der Waals surface area contributed by atoms with Crippen LogP contribution in [-0.4, -0.2) is 27.1 Å². The van der Waals surface area contributed by atoms with Gasteiger partial charge < -0.3 is 5.32 Å². The molecule has 1 N–H and O–H groups in total. The number of rotatable bonds is 8. The minimum atomic E-state index is -3.42. The largest absolute Gasteiger partial charge is 0.326 e. The summed E-state index contributed by atoms with van der Waals surface area (Å²) in [5, 5.41) is 3.45. The molecule has 2 aromatic rings. The number of anilines is 2. The van der Waals surface area contributed by atoms with Crippen LogP contribution >= 0.6 is 11.6 Å². The van der Waals surface area contributed by atoms with Gasteiger partial charge in [0.15, 0.2) is 0 Å². The normalized spacial score (nSPS) is 11.3. The molecule has 146 valence electrons. The van der Waals surface area contributed by atoms with Crippen molar-refractivity contribution in [2.24, 2.45) is 0 Å². The van der Waals surface area contributed by atoms with Crippen molar-refractivity contribution in [3.05, 3.63) is 58.6 Å². The van der Waals surface area contributed by atoms with Crippen molar-refractivity contribution >= 4 is 38.9 Å². The van der Waals surface area contributed by atoms with Gasteiger partial charge >= 0.3 is 0 Å². The van der Waals surface area contributed by atoms with E-state index >= 15 is 0 Å². The summed E-state index contributed by atoms with van der Waals surface area (Å²) < 4.78 is 25.6. The Bertz CT molecular complexity index is 896. The Morgan fingerprint density at radius 2 is 1.81 bits per heavy atom. The van der Waals surface area contributed by atoms with Crippen LogP contribution < -0.4 is 9.62 Å². The molecule has 2 rings (SSSR count). The van der Waals surface area contributed by atoms with Crippen molar-refractivity contribution in [2.75, 3.05) is 22.4 Å². The number of amides is 1. The van der Waals surface area contributed by atoms with Gasteiger partial charge in [-0.3, -0.25) is 9.10 Å². The number of carbonyl (C=O) groups excluding carboxylic acids is 1. The van der Waals surface area contributed by atoms with Crippen LogP contribution in [0.4, 0.5) is 11.4 Å². The predicted octanol–water partition coefficient (Wildman–Crippen LogP) is 4.40. The van der Waals surface area contributed by atoms with Gasteiger partial charge in [0.1, 0.15) is 0 Å². The molecule has 0 aromatic heterocycles. The number of halogens is 1. The molecule has 1 amide bonds. The van der Waals surface area contributed by atoms with Crippen LogP contribution in [0.1, 0.15) is 30.9 Å². The third kappa shape index (κ3) is 6.26. The summed E-state index contributed by atoms with van der Waals surface area (Å²) in [5.74, 6) is -0.157. The lowest BCUT2D eigenvalue weighted by Crippen LogP contribution is -2.31. The van der Waals surface area contributed by atoms with Crippen molar-refractivity contribution < 1.29 is 13.2 Å². The van der Waals surface area contributed by atoms with Gasteiger partial charge in [-0.05, 0) is 61.2 Å². The van der Waals surface area contributed by atoms with Gasteiger partial charge in [-0.25, -0.2) is 8.42 Å². The van der Waals surface area contributed by atoms with Gasteiger partial charge in [-0.1, -0.05) is 30.7 Å². The first-order valence-electron chi connectivity index (χ1n) is 8.83. The molecule has 0 spiro atoms. The highest BCUT2D eigenvalue weighted by atomic mass is 35.5. The highest BCUT2D eigenvalue weighted by molar-refractivity contribution is 7.92. The Morgan fingerprint density at radius 3 is 2.37 bits per heavy atom. The highest BCUT2D eigenvalue weighted by Gasteiger charge is 2.17. The molecular formula is C20H25ClN2O3S. The standard InChI is InChI=1S/C20H25ClN2O3S/c1-4-16-7-10-18(11-8-16)23(27(3,25)26)13-5-6-20(24)22-19-12-9-17(21)14-15(19)2/h7-12,14H,4-6,13H2,1-3H3,(H,22,24). The number of carbonyl (C=O) groups is 1. The van der Waals surface area contributed by atoms with Gasteiger partial charge in [0, 0.05) is 23.7 Å². The quantitative estimate of drug-likeness (QED) is 0.704. The van der Waals surface area contributed by atoms with Crippen molar-refractivity contribution in [1.82, 2.24) is 0 Å². The molecule has 0 atom stereocenters. The average molecular weight is 409 g/mol. The van der Waals surface area contributed by atoms with Crippen molar-refractivity contribution in [3.8, 4) is 0 Å². The molecule has 5 nitrogen and oxygen atoms in total. The van der Waals surface area contributed by atoms with Crippen LogP contribution in [0.5, 0.6) is 0 Å². The molecular weight excluding hydrogens is 384 g/mol. The molecule has 0 bridgehead atoms. The molecule has 0 fully saturated rings. The second kappa shape index (κ2) is 9.24. The van der Waals surface area contributed by atoms with Crippen molar-refractivity contribution in [3.63, 3.8) is 0 Å². The van der Waals surface area contributed by atoms with E-state index in [1.165, 1.54) is 10.6 Å². The predicted molar refractivity (Wildman–Crippen MR) is 112 cm³/mol. The smallest absolute Gasteiger partial charge is 0.232 e. The van der Waals surface area contributed by atoms with E-state index in [9.17, 15) is 13.2 Å². The number of hydrogen-bond acceptors (Lipinski definition) is 3. The molecule has 0 saturated heterocycles. The Hall–Kier alpha value is -2.05. The van der Waals surface area contributed by atoms with E-state index in [1.54, 1.807) is 30.3 Å². The molecule has 0 unspecified atom stereocenters. The Balaban J connectivity index is 1.97. The third-order valence-corrected chi connectivity index (χ3v) is 5.69. The third-order valence-electron chi connectivity index (χ3n) is 4.26. The lowest BCUT2D eigenvalue weighted by Gasteiger charge is -2.22. The maximum Gasteiger partial charge on any atom is 0.232 e. The number of aryl methyl sites for hydroxylation is 2. The van der Waals surface area contributed by atoms with E-state index in [1.807, 2.05) is 26.0 Å². The fourth-order valence-corrected chi connectivity index (χ4v) is 3.94. The monoisotopic (exact) mass is 408 g/mol. The summed E-state index contributed by atoms with van der Waals surface area (Å²) >= 11 is 5.92. The molecule has 0 radical (unpaired) electrons. The average Bonchev–Trinajstić information content (AvgIpc) is 2.60. The zero-order valence-electron chi connectivity index (χ0n) is 15.8. The minimum Gasteiger partial charge on any atom is -0.326 e. The zero-order valence-corrected chi connectivity index (χ0v) is 17.4. The van der Waals surface area contributed by atoms with E-state index in [4.69, 9.17) is 11.6 Å². The minimum absolute atomic E-state index is 0.157. The summed E-state index contributed by atoms with van der Waals surface area (Å²) in [4.78, 5) is 12.2. The number of nitrogens with zero attached hydrogens (tertiary/aromatic N) is 1. The fourth-order valence-electron chi connectivity index (χ4n) is 2.75. The second-order valence-corrected chi connectivity index (χ2v) is 8.81. The molecule has 2 aromatic carbocycles. The van der Waals surface area contributed by atoms with E-state index < -0.39 is 10.0 Å². The number of benzene rings is 2. The number of sulfonamides is 1. The summed E-state index contributed by atoms with van der Waals surface area (Å²) in [7, 11) is -3.42. The Labute approximate surface area is 166 Å². The van der Waals surface area contributed by atoms with Crippen LogP contribution in [0.3, 0.4) is 0 Å². The zero-order chi connectivity index (χ0) is 20.0. The molecule has 0 saturated carbocycles. The van der Waals surface area contributed by atoms with E-state index in [-0.39, 0.29) is 18.9 Å². The summed E-state index contributed by atoms with van der Waals surface area (Å²) in [6, 6.07) is 12.7. The van der Waals surface area contributed by atoms with Gasteiger partial charge in [-0.2, -0.15) is 0 Å². The topological polar surface area (TPSA) is 66.5 Å². The summed E-state index contributed by atoms with van der Waals surface area (Å²) in [5.41, 5.74) is 3.35. The van der Waals surface area contributed by atoms with Crippen LogP contribution in [0.25, 0.3) is 0 Å². The first kappa shape index (κ1) is 21.3. The van der Waals surface area contributed by atoms with Crippen LogP contribution in [0.2, 0.25) is 5.02 Å². The fraction of sp³-hybridized carbons (Fsp3) is 0.350. The van der Waals surface area contributed by atoms with E-state index in [0.717, 1.165) is 17.5 Å². The van der Waals surface area contributed by atoms with Gasteiger partial charge in [0.2, 0.25) is 15.9 Å². The van der Waals surface area contributed by atoms with Crippen LogP contribution in [0, 0.1) is 6.92 Å². The molecule has 7 heteroatoms. The van der Waals surface area contributed by atoms with Gasteiger partial charge in [-0.15, -0.1) is 0 Å². The van der Waals surface area contributed by atoms with Crippen molar-refractivity contribution in [2.45, 2.75) is 33.1 Å². The SMILES string of the molecule is CCc1ccc(N(CCCC(=O)Nc2ccc(Cl)cc2C)S(C)(=O)=O)cc1. The maximum atomic E-state index is 12.2. The first-order valence-corrected chi connectivity index (χ1v) is 11.1. The Kier molecular flexibility index (Phi) is 7.27. The number of nitrogens with one attached hydrogen (secondary N) is 1. The van der Waals surface area contributed by atoms with Gasteiger partial charge in [0.25, 0.3) is 0 Å². The summed E-state index contributed by atoms with van der Waals surface area (Å²) in [6.45, 7) is 4.16. The molecule has 0 heterocycles. The van der Waals surface area contributed by atoms with E-state index in [2.05, 4.69) is 5.32 Å². The molecule has 0 aliphatic heterocycles. The van der Waals surface area contributed by atoms with E-state index in [0.29, 0.717) is 22.8 Å². The van der Waals surface area contributed by atoms with Crippen molar-refractivity contribution in [1.29, 1.82) is 0 Å². The summed E-state index contributed by atoms with van der Waals surface area (Å²) in [6.07, 6.45) is 2.71. The highest BCUT2D eigenvalue weighted by Crippen LogP contribution is 2.21.